The van der Waals surface area contributed by atoms with Gasteiger partial charge in [0.1, 0.15) is 12.4 Å². The molecule has 0 fully saturated rings. The molecule has 0 heterocycles. The minimum absolute atomic E-state index is 0.0690. The van der Waals surface area contributed by atoms with Gasteiger partial charge in [-0.25, -0.2) is 0 Å². The Morgan fingerprint density at radius 3 is 2.50 bits per heavy atom. The monoisotopic (exact) mass is 189 g/mol. The van der Waals surface area contributed by atoms with Gasteiger partial charge in [0.2, 0.25) is 0 Å². The average molecular weight is 189 g/mol. The molecular weight excluding hydrogens is 174 g/mol. The summed E-state index contributed by atoms with van der Waals surface area (Å²) in [6.07, 6.45) is 0. The normalized spacial score (nSPS) is 11.4. The van der Waals surface area contributed by atoms with E-state index in [1.807, 2.05) is 31.2 Å². The maximum Gasteiger partial charge on any atom is 0.149 e. The topological polar surface area (TPSA) is 35.2 Å². The van der Waals surface area contributed by atoms with Crippen LogP contribution in [-0.4, -0.2) is 6.61 Å². The minimum Gasteiger partial charge on any atom is -0.481 e. The van der Waals surface area contributed by atoms with Crippen LogP contribution in [-0.2, 0) is 0 Å². The summed E-state index contributed by atoms with van der Waals surface area (Å²) in [7, 11) is 0. The highest BCUT2D eigenvalue weighted by Gasteiger charge is 1.98. The van der Waals surface area contributed by atoms with E-state index in [1.54, 1.807) is 6.92 Å². The molecule has 14 heavy (non-hydrogen) atoms. The summed E-state index contributed by atoms with van der Waals surface area (Å²) in [5.74, 6) is 6.44. The van der Waals surface area contributed by atoms with Crippen LogP contribution in [0.25, 0.3) is 0 Å². The third-order valence-corrected chi connectivity index (χ3v) is 1.89. The van der Waals surface area contributed by atoms with Crippen LogP contribution in [0.2, 0.25) is 0 Å². The average Bonchev–Trinajstić information content (AvgIpc) is 2.19. The van der Waals surface area contributed by atoms with Crippen molar-refractivity contribution in [3.8, 4) is 17.6 Å². The van der Waals surface area contributed by atoms with E-state index >= 15 is 0 Å². The molecular formula is C12H15NO. The largest absolute Gasteiger partial charge is 0.481 e. The van der Waals surface area contributed by atoms with Gasteiger partial charge in [-0.2, -0.15) is 0 Å². The molecule has 1 aromatic carbocycles. The molecule has 2 heteroatoms. The fourth-order valence-corrected chi connectivity index (χ4v) is 1.06. The molecule has 0 aliphatic heterocycles. The number of benzene rings is 1. The highest BCUT2D eigenvalue weighted by molar-refractivity contribution is 5.29. The fraction of sp³-hybridized carbons (Fsp3) is 0.333. The molecule has 0 aliphatic carbocycles. The van der Waals surface area contributed by atoms with Crippen molar-refractivity contribution >= 4 is 0 Å². The van der Waals surface area contributed by atoms with Crippen LogP contribution in [0, 0.1) is 11.8 Å². The van der Waals surface area contributed by atoms with Crippen LogP contribution in [0.1, 0.15) is 25.5 Å². The second-order valence-electron chi connectivity index (χ2n) is 3.07. The van der Waals surface area contributed by atoms with Gasteiger partial charge in [0.25, 0.3) is 0 Å². The van der Waals surface area contributed by atoms with Crippen LogP contribution in [0.5, 0.6) is 5.75 Å². The Labute approximate surface area is 85.1 Å². The van der Waals surface area contributed by atoms with Crippen molar-refractivity contribution in [2.24, 2.45) is 5.73 Å². The molecule has 2 N–H and O–H groups in total. The number of hydrogen-bond donors (Lipinski definition) is 1. The molecule has 0 spiro atoms. The van der Waals surface area contributed by atoms with Gasteiger partial charge in [0, 0.05) is 6.04 Å². The Balaban J connectivity index is 2.58. The Morgan fingerprint density at radius 1 is 1.36 bits per heavy atom. The fourth-order valence-electron chi connectivity index (χ4n) is 1.06. The lowest BCUT2D eigenvalue weighted by Crippen LogP contribution is -2.04. The first-order valence-corrected chi connectivity index (χ1v) is 4.62. The van der Waals surface area contributed by atoms with Gasteiger partial charge in [0.05, 0.1) is 0 Å². The lowest BCUT2D eigenvalue weighted by Gasteiger charge is -2.06. The van der Waals surface area contributed by atoms with Crippen LogP contribution in [0.4, 0.5) is 0 Å². The molecule has 0 bridgehead atoms. The van der Waals surface area contributed by atoms with Gasteiger partial charge in [-0.15, -0.1) is 5.92 Å². The Morgan fingerprint density at radius 2 is 2.00 bits per heavy atom. The standard InChI is InChI=1S/C12H15NO/c1-3-4-9-14-12-7-5-11(6-8-12)10(2)13/h5-8,10H,9,13H2,1-2H3. The van der Waals surface area contributed by atoms with E-state index in [1.165, 1.54) is 0 Å². The van der Waals surface area contributed by atoms with Gasteiger partial charge in [-0.3, -0.25) is 0 Å². The summed E-state index contributed by atoms with van der Waals surface area (Å²) in [5.41, 5.74) is 6.83. The van der Waals surface area contributed by atoms with Crippen LogP contribution < -0.4 is 10.5 Å². The van der Waals surface area contributed by atoms with E-state index < -0.39 is 0 Å². The summed E-state index contributed by atoms with van der Waals surface area (Å²) < 4.78 is 5.37. The Kier molecular flexibility index (Phi) is 4.03. The first-order chi connectivity index (χ1) is 6.74. The van der Waals surface area contributed by atoms with Gasteiger partial charge in [0.15, 0.2) is 0 Å². The third-order valence-electron chi connectivity index (χ3n) is 1.89. The van der Waals surface area contributed by atoms with Crippen LogP contribution in [0.3, 0.4) is 0 Å². The number of nitrogens with two attached hydrogens (primary N) is 1. The smallest absolute Gasteiger partial charge is 0.149 e. The maximum atomic E-state index is 5.72. The SMILES string of the molecule is CC#CCOc1ccc(C(C)N)cc1. The molecule has 2 nitrogen and oxygen atoms in total. The molecule has 1 atom stereocenters. The second-order valence-corrected chi connectivity index (χ2v) is 3.07. The first-order valence-electron chi connectivity index (χ1n) is 4.62. The number of ether oxygens (including phenoxy) is 1. The summed E-state index contributed by atoms with van der Waals surface area (Å²) in [6.45, 7) is 4.19. The van der Waals surface area contributed by atoms with Crippen molar-refractivity contribution in [1.82, 2.24) is 0 Å². The molecule has 0 aliphatic rings. The van der Waals surface area contributed by atoms with Crippen molar-refractivity contribution in [3.05, 3.63) is 29.8 Å². The van der Waals surface area contributed by atoms with E-state index in [-0.39, 0.29) is 6.04 Å². The molecule has 0 saturated carbocycles. The minimum atomic E-state index is 0.0690. The zero-order chi connectivity index (χ0) is 10.4. The maximum absolute atomic E-state index is 5.72. The van der Waals surface area contributed by atoms with Gasteiger partial charge in [-0.05, 0) is 31.5 Å². The van der Waals surface area contributed by atoms with Gasteiger partial charge < -0.3 is 10.5 Å². The molecule has 1 rings (SSSR count). The van der Waals surface area contributed by atoms with E-state index in [4.69, 9.17) is 10.5 Å². The molecule has 0 amide bonds. The van der Waals surface area contributed by atoms with Crippen molar-refractivity contribution in [2.75, 3.05) is 6.61 Å². The third kappa shape index (κ3) is 3.12. The number of rotatable bonds is 3. The van der Waals surface area contributed by atoms with Crippen LogP contribution >= 0.6 is 0 Å². The summed E-state index contributed by atoms with van der Waals surface area (Å²) in [6, 6.07) is 7.84. The second kappa shape index (κ2) is 5.31. The summed E-state index contributed by atoms with van der Waals surface area (Å²) in [5, 5.41) is 0. The molecule has 74 valence electrons. The van der Waals surface area contributed by atoms with Crippen molar-refractivity contribution in [2.45, 2.75) is 19.9 Å². The lowest BCUT2D eigenvalue weighted by atomic mass is 10.1. The highest BCUT2D eigenvalue weighted by Crippen LogP contribution is 2.15. The van der Waals surface area contributed by atoms with Crippen molar-refractivity contribution in [1.29, 1.82) is 0 Å². The quantitative estimate of drug-likeness (QED) is 0.739. The van der Waals surface area contributed by atoms with E-state index in [0.29, 0.717) is 6.61 Å². The molecule has 0 saturated heterocycles. The first kappa shape index (κ1) is 10.6. The van der Waals surface area contributed by atoms with E-state index in [2.05, 4.69) is 11.8 Å². The Bertz CT molecular complexity index is 330. The summed E-state index contributed by atoms with van der Waals surface area (Å²) in [4.78, 5) is 0. The van der Waals surface area contributed by atoms with Crippen molar-refractivity contribution in [3.63, 3.8) is 0 Å². The predicted octanol–water partition coefficient (Wildman–Crippen LogP) is 2.11. The van der Waals surface area contributed by atoms with Gasteiger partial charge in [-0.1, -0.05) is 18.1 Å². The zero-order valence-electron chi connectivity index (χ0n) is 8.58. The molecule has 1 unspecified atom stereocenters. The molecule has 1 aromatic rings. The van der Waals surface area contributed by atoms with Crippen LogP contribution in [0.15, 0.2) is 24.3 Å². The number of hydrogen-bond acceptors (Lipinski definition) is 2. The zero-order valence-corrected chi connectivity index (χ0v) is 8.58. The van der Waals surface area contributed by atoms with E-state index in [9.17, 15) is 0 Å². The lowest BCUT2D eigenvalue weighted by molar-refractivity contribution is 0.370. The molecule has 0 radical (unpaired) electrons. The predicted molar refractivity (Wildman–Crippen MR) is 58.0 cm³/mol. The highest BCUT2D eigenvalue weighted by atomic mass is 16.5. The van der Waals surface area contributed by atoms with Gasteiger partial charge >= 0.3 is 0 Å². The van der Waals surface area contributed by atoms with Crippen molar-refractivity contribution < 1.29 is 4.74 Å². The Hall–Kier alpha value is -1.46. The molecule has 0 aromatic heterocycles. The summed E-state index contributed by atoms with van der Waals surface area (Å²) >= 11 is 0. The van der Waals surface area contributed by atoms with E-state index in [0.717, 1.165) is 11.3 Å².